The SMILES string of the molecule is CC1CC(C)N(C(=O)NC(CC(=O)O)C(C)(C)C)C1. The van der Waals surface area contributed by atoms with Crippen molar-refractivity contribution >= 4 is 12.0 Å². The van der Waals surface area contributed by atoms with Gasteiger partial charge in [-0.25, -0.2) is 4.79 Å². The van der Waals surface area contributed by atoms with E-state index < -0.39 is 5.97 Å². The van der Waals surface area contributed by atoms with Gasteiger partial charge in [0.1, 0.15) is 0 Å². The topological polar surface area (TPSA) is 69.6 Å². The lowest BCUT2D eigenvalue weighted by Gasteiger charge is -2.33. The molecule has 0 aromatic rings. The minimum absolute atomic E-state index is 0.0486. The normalized spacial score (nSPS) is 25.2. The molecule has 0 aliphatic carbocycles. The van der Waals surface area contributed by atoms with Crippen molar-refractivity contribution in [3.63, 3.8) is 0 Å². The highest BCUT2D eigenvalue weighted by Gasteiger charge is 2.34. The summed E-state index contributed by atoms with van der Waals surface area (Å²) in [5, 5.41) is 11.8. The molecule has 1 heterocycles. The summed E-state index contributed by atoms with van der Waals surface area (Å²) in [7, 11) is 0. The summed E-state index contributed by atoms with van der Waals surface area (Å²) in [6.07, 6.45) is 0.958. The second-order valence-electron chi connectivity index (χ2n) is 6.81. The second kappa shape index (κ2) is 5.80. The standard InChI is InChI=1S/C14H26N2O3/c1-9-6-10(2)16(8-9)13(19)15-11(7-12(17)18)14(3,4)5/h9-11H,6-8H2,1-5H3,(H,15,19)(H,17,18). The van der Waals surface area contributed by atoms with Crippen LogP contribution in [0.3, 0.4) is 0 Å². The lowest BCUT2D eigenvalue weighted by atomic mass is 9.85. The van der Waals surface area contributed by atoms with Gasteiger partial charge in [0.05, 0.1) is 6.42 Å². The predicted molar refractivity (Wildman–Crippen MR) is 74.0 cm³/mol. The van der Waals surface area contributed by atoms with E-state index in [2.05, 4.69) is 12.2 Å². The van der Waals surface area contributed by atoms with Gasteiger partial charge in [0.2, 0.25) is 0 Å². The molecule has 1 aliphatic rings. The first-order valence-electron chi connectivity index (χ1n) is 6.90. The fourth-order valence-electron chi connectivity index (χ4n) is 2.56. The van der Waals surface area contributed by atoms with Crippen molar-refractivity contribution in [2.45, 2.75) is 59.5 Å². The molecule has 0 radical (unpaired) electrons. The van der Waals surface area contributed by atoms with Crippen molar-refractivity contribution in [3.8, 4) is 0 Å². The van der Waals surface area contributed by atoms with E-state index in [1.807, 2.05) is 32.6 Å². The highest BCUT2D eigenvalue weighted by atomic mass is 16.4. The second-order valence-corrected chi connectivity index (χ2v) is 6.81. The van der Waals surface area contributed by atoms with Crippen LogP contribution in [0.15, 0.2) is 0 Å². The Kier molecular flexibility index (Phi) is 4.82. The summed E-state index contributed by atoms with van der Waals surface area (Å²) in [4.78, 5) is 25.0. The average Bonchev–Trinajstić information content (AvgIpc) is 2.54. The van der Waals surface area contributed by atoms with E-state index in [0.29, 0.717) is 5.92 Å². The highest BCUT2D eigenvalue weighted by Crippen LogP contribution is 2.25. The number of amides is 2. The Hall–Kier alpha value is -1.26. The van der Waals surface area contributed by atoms with Crippen LogP contribution in [0.4, 0.5) is 4.79 Å². The first-order chi connectivity index (χ1) is 8.61. The fraction of sp³-hybridized carbons (Fsp3) is 0.857. The van der Waals surface area contributed by atoms with E-state index in [1.54, 1.807) is 0 Å². The molecule has 1 saturated heterocycles. The van der Waals surface area contributed by atoms with Gasteiger partial charge in [0, 0.05) is 18.6 Å². The molecule has 5 nitrogen and oxygen atoms in total. The summed E-state index contributed by atoms with van der Waals surface area (Å²) in [6.45, 7) is 10.7. The zero-order valence-corrected chi connectivity index (χ0v) is 12.6. The number of carboxylic acids is 1. The van der Waals surface area contributed by atoms with Gasteiger partial charge in [-0.3, -0.25) is 4.79 Å². The summed E-state index contributed by atoms with van der Waals surface area (Å²) >= 11 is 0. The molecule has 0 aromatic heterocycles. The third-order valence-corrected chi connectivity index (χ3v) is 3.77. The molecule has 1 rings (SSSR count). The summed E-state index contributed by atoms with van der Waals surface area (Å²) in [5.74, 6) is -0.378. The van der Waals surface area contributed by atoms with Gasteiger partial charge in [-0.05, 0) is 24.7 Å². The Morgan fingerprint density at radius 1 is 1.37 bits per heavy atom. The fourth-order valence-corrected chi connectivity index (χ4v) is 2.56. The summed E-state index contributed by atoms with van der Waals surface area (Å²) < 4.78 is 0. The molecule has 0 bridgehead atoms. The number of hydrogen-bond donors (Lipinski definition) is 2. The molecule has 0 spiro atoms. The minimum Gasteiger partial charge on any atom is -0.481 e. The van der Waals surface area contributed by atoms with E-state index in [9.17, 15) is 9.59 Å². The van der Waals surface area contributed by atoms with Crippen molar-refractivity contribution in [3.05, 3.63) is 0 Å². The largest absolute Gasteiger partial charge is 0.481 e. The first-order valence-corrected chi connectivity index (χ1v) is 6.90. The number of nitrogens with zero attached hydrogens (tertiary/aromatic N) is 1. The highest BCUT2D eigenvalue weighted by molar-refractivity contribution is 5.76. The molecule has 2 N–H and O–H groups in total. The Morgan fingerprint density at radius 3 is 2.32 bits per heavy atom. The third kappa shape index (κ3) is 4.40. The molecule has 3 atom stereocenters. The molecule has 5 heteroatoms. The van der Waals surface area contributed by atoms with Crippen LogP contribution in [-0.2, 0) is 4.79 Å². The van der Waals surface area contributed by atoms with Crippen LogP contribution in [0.2, 0.25) is 0 Å². The van der Waals surface area contributed by atoms with Gasteiger partial charge >= 0.3 is 12.0 Å². The third-order valence-electron chi connectivity index (χ3n) is 3.77. The van der Waals surface area contributed by atoms with Gasteiger partial charge in [0.15, 0.2) is 0 Å². The maximum Gasteiger partial charge on any atom is 0.317 e. The van der Waals surface area contributed by atoms with E-state index in [0.717, 1.165) is 13.0 Å². The summed E-state index contributed by atoms with van der Waals surface area (Å²) in [6, 6.07) is -0.279. The maximum atomic E-state index is 12.3. The Morgan fingerprint density at radius 2 is 1.95 bits per heavy atom. The first kappa shape index (κ1) is 15.8. The Bertz CT molecular complexity index is 349. The lowest BCUT2D eigenvalue weighted by Crippen LogP contribution is -2.51. The van der Waals surface area contributed by atoms with Crippen LogP contribution >= 0.6 is 0 Å². The van der Waals surface area contributed by atoms with Crippen molar-refractivity contribution in [1.29, 1.82) is 0 Å². The Balaban J connectivity index is 2.69. The molecule has 19 heavy (non-hydrogen) atoms. The molecule has 1 aliphatic heterocycles. The van der Waals surface area contributed by atoms with Gasteiger partial charge in [-0.2, -0.15) is 0 Å². The molecular formula is C14H26N2O3. The van der Waals surface area contributed by atoms with Crippen molar-refractivity contribution in [2.75, 3.05) is 6.54 Å². The van der Waals surface area contributed by atoms with E-state index in [1.165, 1.54) is 0 Å². The smallest absolute Gasteiger partial charge is 0.317 e. The number of likely N-dealkylation sites (tertiary alicyclic amines) is 1. The average molecular weight is 270 g/mol. The maximum absolute atomic E-state index is 12.3. The summed E-state index contributed by atoms with van der Waals surface area (Å²) in [5.41, 5.74) is -0.275. The lowest BCUT2D eigenvalue weighted by molar-refractivity contribution is -0.138. The molecule has 1 fully saturated rings. The van der Waals surface area contributed by atoms with E-state index in [4.69, 9.17) is 5.11 Å². The zero-order chi connectivity index (χ0) is 14.8. The van der Waals surface area contributed by atoms with Crippen LogP contribution in [0.5, 0.6) is 0 Å². The van der Waals surface area contributed by atoms with Crippen LogP contribution in [0.25, 0.3) is 0 Å². The number of carbonyl (C=O) groups is 2. The number of nitrogens with one attached hydrogen (secondary N) is 1. The number of carbonyl (C=O) groups excluding carboxylic acids is 1. The van der Waals surface area contributed by atoms with E-state index in [-0.39, 0.29) is 30.0 Å². The van der Waals surface area contributed by atoms with Crippen molar-refractivity contribution in [1.82, 2.24) is 10.2 Å². The molecule has 0 aromatic carbocycles. The number of carboxylic acid groups (broad SMARTS) is 1. The zero-order valence-electron chi connectivity index (χ0n) is 12.6. The van der Waals surface area contributed by atoms with Gasteiger partial charge in [-0.15, -0.1) is 0 Å². The molecule has 0 saturated carbocycles. The number of urea groups is 1. The van der Waals surface area contributed by atoms with Gasteiger partial charge in [-0.1, -0.05) is 27.7 Å². The number of aliphatic carboxylic acids is 1. The number of rotatable bonds is 3. The van der Waals surface area contributed by atoms with E-state index >= 15 is 0 Å². The van der Waals surface area contributed by atoms with Crippen molar-refractivity contribution < 1.29 is 14.7 Å². The van der Waals surface area contributed by atoms with Crippen LogP contribution in [0, 0.1) is 11.3 Å². The van der Waals surface area contributed by atoms with Crippen molar-refractivity contribution in [2.24, 2.45) is 11.3 Å². The number of hydrogen-bond acceptors (Lipinski definition) is 2. The predicted octanol–water partition coefficient (Wildman–Crippen LogP) is 2.32. The van der Waals surface area contributed by atoms with Crippen LogP contribution < -0.4 is 5.32 Å². The Labute approximate surface area is 115 Å². The van der Waals surface area contributed by atoms with Crippen LogP contribution in [0.1, 0.15) is 47.5 Å². The quantitative estimate of drug-likeness (QED) is 0.827. The molecule has 110 valence electrons. The molecular weight excluding hydrogens is 244 g/mol. The molecule has 2 amide bonds. The monoisotopic (exact) mass is 270 g/mol. The minimum atomic E-state index is -0.886. The van der Waals surface area contributed by atoms with Gasteiger partial charge in [0.25, 0.3) is 0 Å². The van der Waals surface area contributed by atoms with Gasteiger partial charge < -0.3 is 15.3 Å². The van der Waals surface area contributed by atoms with Crippen LogP contribution in [-0.4, -0.2) is 40.6 Å². The molecule has 3 unspecified atom stereocenters.